The average Bonchev–Trinajstić information content (AvgIpc) is 3.35. The van der Waals surface area contributed by atoms with Crippen LogP contribution in [0.15, 0.2) is 60.1 Å². The smallest absolute Gasteiger partial charge is 0.192 e. The van der Waals surface area contributed by atoms with Gasteiger partial charge in [0.05, 0.1) is 18.7 Å². The van der Waals surface area contributed by atoms with Crippen LogP contribution in [0.5, 0.6) is 5.75 Å². The molecule has 5 aromatic rings. The molecule has 1 aromatic carbocycles. The predicted molar refractivity (Wildman–Crippen MR) is 120 cm³/mol. The Morgan fingerprint density at radius 1 is 1.03 bits per heavy atom. The summed E-state index contributed by atoms with van der Waals surface area (Å²) in [4.78, 5) is 19.2. The molecule has 0 unspecified atom stereocenters. The molecule has 32 heavy (non-hydrogen) atoms. The third-order valence-corrected chi connectivity index (χ3v) is 5.35. The Morgan fingerprint density at radius 2 is 1.88 bits per heavy atom. The van der Waals surface area contributed by atoms with Crippen LogP contribution in [0.25, 0.3) is 22.5 Å². The lowest BCUT2D eigenvalue weighted by Crippen LogP contribution is -2.01. The molecule has 4 aromatic heterocycles. The van der Waals surface area contributed by atoms with Crippen molar-refractivity contribution in [2.24, 2.45) is 5.16 Å². The largest absolute Gasteiger partial charge is 0.496 e. The van der Waals surface area contributed by atoms with E-state index in [-0.39, 0.29) is 6.61 Å². The molecule has 0 aliphatic heterocycles. The van der Waals surface area contributed by atoms with Crippen LogP contribution in [-0.4, -0.2) is 42.5 Å². The summed E-state index contributed by atoms with van der Waals surface area (Å²) < 4.78 is 9.01. The molecule has 0 bridgehead atoms. The zero-order valence-electron chi connectivity index (χ0n) is 17.9. The number of oxime groups is 1. The summed E-state index contributed by atoms with van der Waals surface area (Å²) in [5.74, 6) is 2.05. The first-order valence-corrected chi connectivity index (χ1v) is 10.1. The molecule has 0 saturated heterocycles. The summed E-state index contributed by atoms with van der Waals surface area (Å²) in [6.45, 7) is 4.24. The van der Waals surface area contributed by atoms with Crippen LogP contribution in [-0.2, 0) is 11.4 Å². The number of nitrogens with zero attached hydrogens (tertiary/aromatic N) is 7. The van der Waals surface area contributed by atoms with E-state index in [9.17, 15) is 0 Å². The van der Waals surface area contributed by atoms with Crippen molar-refractivity contribution in [1.29, 1.82) is 0 Å². The van der Waals surface area contributed by atoms with Gasteiger partial charge in [-0.05, 0) is 43.7 Å². The van der Waals surface area contributed by atoms with Crippen LogP contribution in [0, 0.1) is 13.8 Å². The van der Waals surface area contributed by atoms with Crippen LogP contribution >= 0.6 is 0 Å². The van der Waals surface area contributed by atoms with Crippen molar-refractivity contribution < 1.29 is 9.57 Å². The van der Waals surface area contributed by atoms with E-state index in [4.69, 9.17) is 9.57 Å². The van der Waals surface area contributed by atoms with E-state index in [1.807, 2.05) is 47.0 Å². The highest BCUT2D eigenvalue weighted by Gasteiger charge is 2.19. The van der Waals surface area contributed by atoms with Gasteiger partial charge in [0.15, 0.2) is 23.7 Å². The number of hydrogen-bond acceptors (Lipinski definition) is 7. The first kappa shape index (κ1) is 19.7. The Bertz CT molecular complexity index is 1440. The van der Waals surface area contributed by atoms with Crippen LogP contribution < -0.4 is 4.74 Å². The van der Waals surface area contributed by atoms with Crippen LogP contribution in [0.4, 0.5) is 0 Å². The van der Waals surface area contributed by atoms with Crippen molar-refractivity contribution in [1.82, 2.24) is 29.1 Å². The van der Waals surface area contributed by atoms with E-state index in [1.165, 1.54) is 0 Å². The highest BCUT2D eigenvalue weighted by Crippen LogP contribution is 2.29. The number of rotatable bonds is 6. The van der Waals surface area contributed by atoms with E-state index in [1.54, 1.807) is 30.4 Å². The molecule has 9 nitrogen and oxygen atoms in total. The van der Waals surface area contributed by atoms with Crippen LogP contribution in [0.3, 0.4) is 0 Å². The first-order chi connectivity index (χ1) is 15.7. The fraction of sp³-hybridized carbons (Fsp3) is 0.174. The lowest BCUT2D eigenvalue weighted by atomic mass is 10.2. The first-order valence-electron chi connectivity index (χ1n) is 10.1. The molecule has 0 spiro atoms. The van der Waals surface area contributed by atoms with Crippen molar-refractivity contribution in [3.63, 3.8) is 0 Å². The number of hydrogen-bond donors (Lipinski definition) is 0. The second-order valence-electron chi connectivity index (χ2n) is 7.22. The summed E-state index contributed by atoms with van der Waals surface area (Å²) in [6, 6.07) is 13.4. The summed E-state index contributed by atoms with van der Waals surface area (Å²) >= 11 is 0. The topological polar surface area (TPSA) is 91.7 Å². The Balaban J connectivity index is 1.45. The highest BCUT2D eigenvalue weighted by molar-refractivity contribution is 5.94. The Hall–Kier alpha value is -4.27. The van der Waals surface area contributed by atoms with Crippen molar-refractivity contribution in [2.45, 2.75) is 20.5 Å². The Labute approximate surface area is 184 Å². The van der Waals surface area contributed by atoms with Gasteiger partial charge in [-0.1, -0.05) is 23.4 Å². The lowest BCUT2D eigenvalue weighted by Gasteiger charge is -2.05. The number of fused-ring (bicyclic) bond motifs is 3. The van der Waals surface area contributed by atoms with Crippen molar-refractivity contribution >= 4 is 22.9 Å². The number of para-hydroxylation sites is 1. The number of aryl methyl sites for hydroxylation is 1. The lowest BCUT2D eigenvalue weighted by molar-refractivity contribution is 0.126. The standard InChI is InChI=1S/C23H21N7O2/c1-15-16(2)30(20-10-6-7-11-24-20)22-21(15)23-27-19(28-29(23)14-25-22)13-32-26-12-17-8-4-5-9-18(17)31-3/h4-12,14H,13H2,1-3H3/b26-12-. The van der Waals surface area contributed by atoms with E-state index < -0.39 is 0 Å². The second kappa shape index (κ2) is 8.10. The van der Waals surface area contributed by atoms with Gasteiger partial charge in [0.2, 0.25) is 0 Å². The Morgan fingerprint density at radius 3 is 2.69 bits per heavy atom. The minimum Gasteiger partial charge on any atom is -0.496 e. The normalized spacial score (nSPS) is 11.6. The number of aromatic nitrogens is 6. The summed E-state index contributed by atoms with van der Waals surface area (Å²) in [5.41, 5.74) is 4.48. The maximum absolute atomic E-state index is 5.43. The SMILES string of the molecule is COc1ccccc1/C=N\OCc1nc2c3c(C)c(C)n(-c4ccccn4)c3ncn2n1. The highest BCUT2D eigenvalue weighted by atomic mass is 16.6. The van der Waals surface area contributed by atoms with Gasteiger partial charge in [0, 0.05) is 17.5 Å². The van der Waals surface area contributed by atoms with E-state index in [2.05, 4.69) is 39.1 Å². The molecule has 0 aliphatic carbocycles. The molecular formula is C23H21N7O2. The van der Waals surface area contributed by atoms with Gasteiger partial charge < -0.3 is 9.57 Å². The molecule has 0 radical (unpaired) electrons. The van der Waals surface area contributed by atoms with Gasteiger partial charge in [-0.3, -0.25) is 4.57 Å². The van der Waals surface area contributed by atoms with E-state index in [0.29, 0.717) is 5.82 Å². The predicted octanol–water partition coefficient (Wildman–Crippen LogP) is 3.64. The van der Waals surface area contributed by atoms with Gasteiger partial charge in [-0.2, -0.15) is 0 Å². The number of methoxy groups -OCH3 is 1. The van der Waals surface area contributed by atoms with Crippen LogP contribution in [0.1, 0.15) is 22.6 Å². The third-order valence-electron chi connectivity index (χ3n) is 5.35. The van der Waals surface area contributed by atoms with Gasteiger partial charge in [0.1, 0.15) is 17.9 Å². The van der Waals surface area contributed by atoms with Crippen molar-refractivity contribution in [2.75, 3.05) is 7.11 Å². The van der Waals surface area contributed by atoms with Gasteiger partial charge in [-0.15, -0.1) is 5.10 Å². The van der Waals surface area contributed by atoms with Gasteiger partial charge in [0.25, 0.3) is 0 Å². The molecule has 5 rings (SSSR count). The third kappa shape index (κ3) is 3.33. The molecule has 0 fully saturated rings. The molecule has 160 valence electrons. The van der Waals surface area contributed by atoms with E-state index >= 15 is 0 Å². The summed E-state index contributed by atoms with van der Waals surface area (Å²) in [6.07, 6.45) is 5.03. The van der Waals surface area contributed by atoms with E-state index in [0.717, 1.165) is 45.1 Å². The van der Waals surface area contributed by atoms with Gasteiger partial charge >= 0.3 is 0 Å². The zero-order chi connectivity index (χ0) is 22.1. The zero-order valence-corrected chi connectivity index (χ0v) is 17.9. The number of ether oxygens (including phenoxy) is 1. The fourth-order valence-corrected chi connectivity index (χ4v) is 3.69. The second-order valence-corrected chi connectivity index (χ2v) is 7.22. The fourth-order valence-electron chi connectivity index (χ4n) is 3.69. The minimum absolute atomic E-state index is 0.133. The molecule has 0 N–H and O–H groups in total. The van der Waals surface area contributed by atoms with Crippen LogP contribution in [0.2, 0.25) is 0 Å². The molecule has 0 amide bonds. The average molecular weight is 427 g/mol. The Kier molecular flexibility index (Phi) is 4.98. The molecule has 0 saturated carbocycles. The summed E-state index contributed by atoms with van der Waals surface area (Å²) in [7, 11) is 1.62. The van der Waals surface area contributed by atoms with Crippen molar-refractivity contribution in [3.8, 4) is 11.6 Å². The quantitative estimate of drug-likeness (QED) is 0.303. The minimum atomic E-state index is 0.133. The number of pyridine rings is 1. The number of benzene rings is 1. The molecule has 0 aliphatic rings. The van der Waals surface area contributed by atoms with Crippen molar-refractivity contribution in [3.05, 3.63) is 77.6 Å². The molecule has 0 atom stereocenters. The monoisotopic (exact) mass is 427 g/mol. The maximum atomic E-state index is 5.43. The summed E-state index contributed by atoms with van der Waals surface area (Å²) in [5, 5.41) is 9.46. The maximum Gasteiger partial charge on any atom is 0.192 e. The molecular weight excluding hydrogens is 406 g/mol. The van der Waals surface area contributed by atoms with Gasteiger partial charge in [-0.25, -0.2) is 19.5 Å². The molecule has 9 heteroatoms. The molecule has 4 heterocycles.